The van der Waals surface area contributed by atoms with Gasteiger partial charge in [-0.15, -0.1) is 11.3 Å². The Morgan fingerprint density at radius 3 is 2.73 bits per heavy atom. The molecule has 1 aromatic heterocycles. The first-order valence-corrected chi connectivity index (χ1v) is 11.2. The number of hydrogen-bond donors (Lipinski definition) is 1. The molecule has 0 spiro atoms. The van der Waals surface area contributed by atoms with Crippen LogP contribution in [0.5, 0.6) is 0 Å². The smallest absolute Gasteiger partial charge is 0.293 e. The molecule has 0 unspecified atom stereocenters. The Hall–Kier alpha value is -2.92. The summed E-state index contributed by atoms with van der Waals surface area (Å²) in [6.45, 7) is 3.75. The lowest BCUT2D eigenvalue weighted by Gasteiger charge is -2.31. The zero-order valence-corrected chi connectivity index (χ0v) is 17.8. The third-order valence-corrected chi connectivity index (χ3v) is 7.28. The number of piperidine rings is 1. The highest BCUT2D eigenvalue weighted by atomic mass is 32.1. The zero-order chi connectivity index (χ0) is 21.3. The molecule has 4 rings (SSSR count). The maximum absolute atomic E-state index is 12.9. The number of rotatable bonds is 4. The standard InChI is InChI=1S/C22H24N4O3S/c1-14-8-10-25(11-9-14)18-7-6-15(12-19(18)26(28)29)21(27)24-22-17(13-23)16-4-2-3-5-20(16)30-22/h6-7,12,14H,2-5,8-11H2,1H3,(H,24,27). The summed E-state index contributed by atoms with van der Waals surface area (Å²) in [5, 5.41) is 24.6. The van der Waals surface area contributed by atoms with Crippen molar-refractivity contribution < 1.29 is 9.72 Å². The van der Waals surface area contributed by atoms with Crippen molar-refractivity contribution >= 4 is 33.6 Å². The summed E-state index contributed by atoms with van der Waals surface area (Å²) in [6.07, 6.45) is 5.93. The predicted molar refractivity (Wildman–Crippen MR) is 117 cm³/mol. The highest BCUT2D eigenvalue weighted by molar-refractivity contribution is 7.16. The SMILES string of the molecule is CC1CCN(c2ccc(C(=O)Nc3sc4c(c3C#N)CCCC4)cc2[N+](=O)[O-])CC1. The van der Waals surface area contributed by atoms with Crippen molar-refractivity contribution in [2.24, 2.45) is 5.92 Å². The van der Waals surface area contributed by atoms with Crippen LogP contribution in [0.15, 0.2) is 18.2 Å². The van der Waals surface area contributed by atoms with Crippen molar-refractivity contribution in [1.29, 1.82) is 5.26 Å². The van der Waals surface area contributed by atoms with E-state index < -0.39 is 10.8 Å². The number of nitriles is 1. The van der Waals surface area contributed by atoms with Crippen LogP contribution in [0.25, 0.3) is 0 Å². The molecule has 2 aliphatic rings. The molecule has 0 atom stereocenters. The van der Waals surface area contributed by atoms with E-state index in [0.29, 0.717) is 22.2 Å². The van der Waals surface area contributed by atoms with Crippen molar-refractivity contribution in [3.05, 3.63) is 49.9 Å². The molecule has 1 N–H and O–H groups in total. The van der Waals surface area contributed by atoms with Crippen molar-refractivity contribution in [2.45, 2.75) is 45.4 Å². The number of fused-ring (bicyclic) bond motifs is 1. The van der Waals surface area contributed by atoms with Crippen LogP contribution in [0.2, 0.25) is 0 Å². The summed E-state index contributed by atoms with van der Waals surface area (Å²) in [6, 6.07) is 6.88. The first kappa shape index (κ1) is 20.4. The summed E-state index contributed by atoms with van der Waals surface area (Å²) < 4.78 is 0. The molecule has 1 amide bonds. The number of amides is 1. The fourth-order valence-electron chi connectivity index (χ4n) is 4.28. The summed E-state index contributed by atoms with van der Waals surface area (Å²) >= 11 is 1.45. The monoisotopic (exact) mass is 424 g/mol. The second-order valence-electron chi connectivity index (χ2n) is 8.11. The molecule has 30 heavy (non-hydrogen) atoms. The Bertz CT molecular complexity index is 1030. The van der Waals surface area contributed by atoms with Crippen LogP contribution in [-0.2, 0) is 12.8 Å². The van der Waals surface area contributed by atoms with Crippen molar-refractivity contribution in [3.8, 4) is 6.07 Å². The van der Waals surface area contributed by atoms with Gasteiger partial charge in [0.05, 0.1) is 10.5 Å². The minimum absolute atomic E-state index is 0.0526. The maximum atomic E-state index is 12.9. The molecule has 1 saturated heterocycles. The van der Waals surface area contributed by atoms with Gasteiger partial charge in [-0.2, -0.15) is 5.26 Å². The number of aryl methyl sites for hydroxylation is 1. The molecule has 0 saturated carbocycles. The van der Waals surface area contributed by atoms with E-state index >= 15 is 0 Å². The molecule has 2 heterocycles. The van der Waals surface area contributed by atoms with E-state index in [0.717, 1.165) is 62.1 Å². The van der Waals surface area contributed by atoms with Gasteiger partial charge in [0, 0.05) is 29.6 Å². The van der Waals surface area contributed by atoms with Crippen LogP contribution in [0.1, 0.15) is 59.0 Å². The largest absolute Gasteiger partial charge is 0.366 e. The summed E-state index contributed by atoms with van der Waals surface area (Å²) in [4.78, 5) is 27.3. The van der Waals surface area contributed by atoms with Crippen LogP contribution >= 0.6 is 11.3 Å². The van der Waals surface area contributed by atoms with Gasteiger partial charge in [-0.1, -0.05) is 6.92 Å². The van der Waals surface area contributed by atoms with Crippen molar-refractivity contribution in [1.82, 2.24) is 0 Å². The number of carbonyl (C=O) groups excluding carboxylic acids is 1. The second-order valence-corrected chi connectivity index (χ2v) is 9.22. The quantitative estimate of drug-likeness (QED) is 0.556. The number of nitro benzene ring substituents is 1. The molecule has 2 aromatic rings. The number of carbonyl (C=O) groups is 1. The summed E-state index contributed by atoms with van der Waals surface area (Å²) in [5.74, 6) is 0.198. The highest BCUT2D eigenvalue weighted by Crippen LogP contribution is 2.38. The van der Waals surface area contributed by atoms with E-state index in [1.807, 2.05) is 4.90 Å². The first-order chi connectivity index (χ1) is 14.5. The van der Waals surface area contributed by atoms with Gasteiger partial charge in [-0.25, -0.2) is 0 Å². The van der Waals surface area contributed by atoms with Crippen LogP contribution in [-0.4, -0.2) is 23.9 Å². The fraction of sp³-hybridized carbons (Fsp3) is 0.455. The van der Waals surface area contributed by atoms with Gasteiger partial charge in [-0.05, 0) is 62.1 Å². The Kier molecular flexibility index (Phi) is 5.73. The topological polar surface area (TPSA) is 99.3 Å². The van der Waals surface area contributed by atoms with Gasteiger partial charge in [0.1, 0.15) is 16.8 Å². The normalized spacial score (nSPS) is 16.6. The van der Waals surface area contributed by atoms with Crippen molar-refractivity contribution in [3.63, 3.8) is 0 Å². The highest BCUT2D eigenvalue weighted by Gasteiger charge is 2.26. The molecule has 0 bridgehead atoms. The Balaban J connectivity index is 1.59. The Labute approximate surface area is 179 Å². The van der Waals surface area contributed by atoms with Crippen molar-refractivity contribution in [2.75, 3.05) is 23.3 Å². The minimum Gasteiger partial charge on any atom is -0.366 e. The molecule has 1 fully saturated rings. The van der Waals surface area contributed by atoms with Crippen LogP contribution in [0.4, 0.5) is 16.4 Å². The van der Waals surface area contributed by atoms with E-state index in [2.05, 4.69) is 18.3 Å². The molecule has 0 radical (unpaired) electrons. The molecular formula is C22H24N4O3S. The van der Waals surface area contributed by atoms with Gasteiger partial charge in [-0.3, -0.25) is 14.9 Å². The lowest BCUT2D eigenvalue weighted by molar-refractivity contribution is -0.384. The predicted octanol–water partition coefficient (Wildman–Crippen LogP) is 4.90. The molecule has 156 valence electrons. The van der Waals surface area contributed by atoms with Crippen LogP contribution in [0.3, 0.4) is 0 Å². The molecular weight excluding hydrogens is 400 g/mol. The molecule has 1 aliphatic carbocycles. The average Bonchev–Trinajstić information content (AvgIpc) is 3.10. The Morgan fingerprint density at radius 2 is 2.03 bits per heavy atom. The van der Waals surface area contributed by atoms with Crippen LogP contribution < -0.4 is 10.2 Å². The number of nitro groups is 1. The number of benzene rings is 1. The van der Waals surface area contributed by atoms with E-state index in [4.69, 9.17) is 0 Å². The number of nitrogens with one attached hydrogen (secondary N) is 1. The minimum atomic E-state index is -0.424. The van der Waals surface area contributed by atoms with Gasteiger partial charge in [0.25, 0.3) is 11.6 Å². The number of nitrogens with zero attached hydrogens (tertiary/aromatic N) is 3. The number of hydrogen-bond acceptors (Lipinski definition) is 6. The second kappa shape index (κ2) is 8.44. The lowest BCUT2D eigenvalue weighted by Crippen LogP contribution is -2.33. The van der Waals surface area contributed by atoms with E-state index in [1.54, 1.807) is 12.1 Å². The van der Waals surface area contributed by atoms with Gasteiger partial charge in [0.2, 0.25) is 0 Å². The summed E-state index contributed by atoms with van der Waals surface area (Å²) in [7, 11) is 0. The van der Waals surface area contributed by atoms with Gasteiger partial charge < -0.3 is 10.2 Å². The number of thiophene rings is 1. The van der Waals surface area contributed by atoms with E-state index in [1.165, 1.54) is 17.4 Å². The van der Waals surface area contributed by atoms with Gasteiger partial charge in [0.15, 0.2) is 0 Å². The molecule has 7 nitrogen and oxygen atoms in total. The maximum Gasteiger partial charge on any atom is 0.293 e. The lowest BCUT2D eigenvalue weighted by atomic mass is 9.96. The number of anilines is 2. The molecule has 1 aliphatic heterocycles. The average molecular weight is 425 g/mol. The van der Waals surface area contributed by atoms with Crippen LogP contribution in [0, 0.1) is 27.4 Å². The fourth-order valence-corrected chi connectivity index (χ4v) is 5.51. The zero-order valence-electron chi connectivity index (χ0n) is 16.9. The Morgan fingerprint density at radius 1 is 1.30 bits per heavy atom. The third-order valence-electron chi connectivity index (χ3n) is 6.07. The molecule has 1 aromatic carbocycles. The summed E-state index contributed by atoms with van der Waals surface area (Å²) in [5.41, 5.74) is 2.32. The molecule has 8 heteroatoms. The van der Waals surface area contributed by atoms with Gasteiger partial charge >= 0.3 is 0 Å². The van der Waals surface area contributed by atoms with E-state index in [-0.39, 0.29) is 11.3 Å². The van der Waals surface area contributed by atoms with E-state index in [9.17, 15) is 20.2 Å². The first-order valence-electron chi connectivity index (χ1n) is 10.4. The third kappa shape index (κ3) is 3.90.